The van der Waals surface area contributed by atoms with Gasteiger partial charge in [0.05, 0.1) is 23.3 Å². The third-order valence-electron chi connectivity index (χ3n) is 5.92. The summed E-state index contributed by atoms with van der Waals surface area (Å²) in [5.74, 6) is 0. The summed E-state index contributed by atoms with van der Waals surface area (Å²) in [5.41, 5.74) is 4.77. The molecule has 0 heterocycles. The van der Waals surface area contributed by atoms with Crippen LogP contribution in [0.25, 0.3) is 44.8 Å². The Labute approximate surface area is 199 Å². The molecule has 2 nitrogen and oxygen atoms in total. The molecule has 0 aliphatic heterocycles. The molecule has 0 aliphatic rings. The van der Waals surface area contributed by atoms with E-state index in [1.807, 2.05) is 72.8 Å². The maximum Gasteiger partial charge on any atom is 0.0998 e. The molecular weight excluding hydrogens is 412 g/mol. The Hall–Kier alpha value is -4.92. The molecule has 5 rings (SSSR count). The SMILES string of the molecule is N#CC(=Cc1ccc2ccccc2c1)c1ccc(C(C#N)=Cc2ccc3ccccc3c2)cc1. The van der Waals surface area contributed by atoms with Gasteiger partial charge in [-0.15, -0.1) is 0 Å². The number of nitriles is 2. The number of fused-ring (bicyclic) bond motifs is 2. The van der Waals surface area contributed by atoms with Crippen molar-refractivity contribution in [2.24, 2.45) is 0 Å². The fraction of sp³-hybridized carbons (Fsp3) is 0. The molecule has 0 spiro atoms. The van der Waals surface area contributed by atoms with Crippen LogP contribution in [0.5, 0.6) is 0 Å². The monoisotopic (exact) mass is 432 g/mol. The van der Waals surface area contributed by atoms with Gasteiger partial charge in [0, 0.05) is 0 Å². The minimum atomic E-state index is 0.582. The molecule has 0 fully saturated rings. The molecule has 0 N–H and O–H groups in total. The Morgan fingerprint density at radius 1 is 0.471 bits per heavy atom. The molecule has 0 saturated heterocycles. The number of rotatable bonds is 4. The van der Waals surface area contributed by atoms with Gasteiger partial charge in [0.15, 0.2) is 0 Å². The van der Waals surface area contributed by atoms with Crippen molar-refractivity contribution in [1.82, 2.24) is 0 Å². The van der Waals surface area contributed by atoms with Crippen molar-refractivity contribution in [3.63, 3.8) is 0 Å². The molecule has 0 aromatic heterocycles. The van der Waals surface area contributed by atoms with Crippen LogP contribution in [0.2, 0.25) is 0 Å². The zero-order valence-corrected chi connectivity index (χ0v) is 18.4. The van der Waals surface area contributed by atoms with E-state index in [9.17, 15) is 10.5 Å². The Bertz CT molecular complexity index is 1530. The van der Waals surface area contributed by atoms with E-state index in [0.29, 0.717) is 11.1 Å². The van der Waals surface area contributed by atoms with Gasteiger partial charge in [-0.25, -0.2) is 0 Å². The molecule has 0 radical (unpaired) electrons. The number of hydrogen-bond acceptors (Lipinski definition) is 2. The van der Waals surface area contributed by atoms with E-state index in [-0.39, 0.29) is 0 Å². The van der Waals surface area contributed by atoms with Crippen LogP contribution in [0.15, 0.2) is 109 Å². The molecule has 5 aromatic rings. The summed E-state index contributed by atoms with van der Waals surface area (Å²) in [6.07, 6.45) is 3.80. The van der Waals surface area contributed by atoms with Crippen LogP contribution >= 0.6 is 0 Å². The Morgan fingerprint density at radius 2 is 0.853 bits per heavy atom. The third kappa shape index (κ3) is 4.35. The lowest BCUT2D eigenvalue weighted by Gasteiger charge is -2.05. The zero-order chi connectivity index (χ0) is 23.3. The molecular formula is C32H20N2. The van der Waals surface area contributed by atoms with Gasteiger partial charge < -0.3 is 0 Å². The van der Waals surface area contributed by atoms with Gasteiger partial charge >= 0.3 is 0 Å². The van der Waals surface area contributed by atoms with Gasteiger partial charge in [-0.1, -0.05) is 97.1 Å². The summed E-state index contributed by atoms with van der Waals surface area (Å²) in [5, 5.41) is 24.2. The second kappa shape index (κ2) is 9.29. The first-order valence-electron chi connectivity index (χ1n) is 11.1. The predicted octanol–water partition coefficient (Wildman–Crippen LogP) is 8.12. The first-order chi connectivity index (χ1) is 16.7. The van der Waals surface area contributed by atoms with Crippen molar-refractivity contribution in [2.45, 2.75) is 0 Å². The van der Waals surface area contributed by atoms with E-state index >= 15 is 0 Å². The quantitative estimate of drug-likeness (QED) is 0.213. The highest BCUT2D eigenvalue weighted by molar-refractivity contribution is 5.95. The minimum absolute atomic E-state index is 0.582. The van der Waals surface area contributed by atoms with Crippen molar-refractivity contribution in [3.05, 3.63) is 131 Å². The highest BCUT2D eigenvalue weighted by Gasteiger charge is 2.06. The summed E-state index contributed by atoms with van der Waals surface area (Å²) >= 11 is 0. The van der Waals surface area contributed by atoms with Gasteiger partial charge in [0.1, 0.15) is 0 Å². The van der Waals surface area contributed by atoms with E-state index < -0.39 is 0 Å². The van der Waals surface area contributed by atoms with E-state index in [1.165, 1.54) is 10.8 Å². The average Bonchev–Trinajstić information content (AvgIpc) is 2.90. The maximum absolute atomic E-state index is 9.78. The fourth-order valence-electron chi connectivity index (χ4n) is 4.12. The molecule has 5 aromatic carbocycles. The van der Waals surface area contributed by atoms with Gasteiger partial charge in [0.2, 0.25) is 0 Å². The van der Waals surface area contributed by atoms with Crippen molar-refractivity contribution in [1.29, 1.82) is 10.5 Å². The standard InChI is InChI=1S/C32H20N2/c33-21-31(19-23-9-11-25-5-1-3-7-29(25)17-23)27-13-15-28(16-14-27)32(22-34)20-24-10-12-26-6-2-4-8-30(26)18-24/h1-20H. The summed E-state index contributed by atoms with van der Waals surface area (Å²) in [6, 6.07) is 40.9. The summed E-state index contributed by atoms with van der Waals surface area (Å²) in [6.45, 7) is 0. The fourth-order valence-corrected chi connectivity index (χ4v) is 4.12. The maximum atomic E-state index is 9.78. The molecule has 0 atom stereocenters. The van der Waals surface area contributed by atoms with Crippen LogP contribution in [0.4, 0.5) is 0 Å². The smallest absolute Gasteiger partial charge is 0.0998 e. The molecule has 0 unspecified atom stereocenters. The second-order valence-corrected chi connectivity index (χ2v) is 8.13. The van der Waals surface area contributed by atoms with Crippen molar-refractivity contribution >= 4 is 44.8 Å². The number of allylic oxidation sites excluding steroid dienone is 2. The van der Waals surface area contributed by atoms with E-state index in [0.717, 1.165) is 33.0 Å². The molecule has 0 amide bonds. The summed E-state index contributed by atoms with van der Waals surface area (Å²) in [7, 11) is 0. The van der Waals surface area contributed by atoms with E-state index in [2.05, 4.69) is 60.7 Å². The number of benzene rings is 5. The summed E-state index contributed by atoms with van der Waals surface area (Å²) < 4.78 is 0. The molecule has 0 bridgehead atoms. The topological polar surface area (TPSA) is 47.6 Å². The average molecular weight is 433 g/mol. The lowest BCUT2D eigenvalue weighted by Crippen LogP contribution is -1.86. The molecule has 0 saturated carbocycles. The van der Waals surface area contributed by atoms with Gasteiger partial charge in [-0.3, -0.25) is 0 Å². The van der Waals surface area contributed by atoms with Crippen LogP contribution in [-0.4, -0.2) is 0 Å². The molecule has 0 aliphatic carbocycles. The van der Waals surface area contributed by atoms with Crippen LogP contribution in [0.1, 0.15) is 22.3 Å². The third-order valence-corrected chi connectivity index (χ3v) is 5.92. The first-order valence-corrected chi connectivity index (χ1v) is 11.1. The van der Waals surface area contributed by atoms with Crippen molar-refractivity contribution in [2.75, 3.05) is 0 Å². The van der Waals surface area contributed by atoms with Gasteiger partial charge in [-0.2, -0.15) is 10.5 Å². The predicted molar refractivity (Wildman–Crippen MR) is 141 cm³/mol. The van der Waals surface area contributed by atoms with Crippen LogP contribution in [0.3, 0.4) is 0 Å². The highest BCUT2D eigenvalue weighted by atomic mass is 14.3. The van der Waals surface area contributed by atoms with E-state index in [4.69, 9.17) is 0 Å². The molecule has 34 heavy (non-hydrogen) atoms. The van der Waals surface area contributed by atoms with Gasteiger partial charge in [-0.05, 0) is 68.1 Å². The van der Waals surface area contributed by atoms with Crippen LogP contribution < -0.4 is 0 Å². The Balaban J connectivity index is 1.44. The normalized spacial score (nSPS) is 11.8. The van der Waals surface area contributed by atoms with E-state index in [1.54, 1.807) is 0 Å². The zero-order valence-electron chi connectivity index (χ0n) is 18.4. The van der Waals surface area contributed by atoms with Crippen molar-refractivity contribution < 1.29 is 0 Å². The summed E-state index contributed by atoms with van der Waals surface area (Å²) in [4.78, 5) is 0. The van der Waals surface area contributed by atoms with Crippen molar-refractivity contribution in [3.8, 4) is 12.1 Å². The van der Waals surface area contributed by atoms with Gasteiger partial charge in [0.25, 0.3) is 0 Å². The second-order valence-electron chi connectivity index (χ2n) is 8.13. The minimum Gasteiger partial charge on any atom is -0.192 e. The number of hydrogen-bond donors (Lipinski definition) is 0. The lowest BCUT2D eigenvalue weighted by atomic mass is 9.98. The molecule has 158 valence electrons. The Kier molecular flexibility index (Phi) is 5.73. The van der Waals surface area contributed by atoms with Crippen LogP contribution in [-0.2, 0) is 0 Å². The largest absolute Gasteiger partial charge is 0.192 e. The lowest BCUT2D eigenvalue weighted by molar-refractivity contribution is 1.50. The van der Waals surface area contributed by atoms with Crippen LogP contribution in [0, 0.1) is 22.7 Å². The molecule has 2 heteroatoms. The number of nitrogens with zero attached hydrogens (tertiary/aromatic N) is 2. The highest BCUT2D eigenvalue weighted by Crippen LogP contribution is 2.25. The Morgan fingerprint density at radius 3 is 1.24 bits per heavy atom. The first kappa shape index (κ1) is 21.0.